The molecule has 2 aliphatic heterocycles. The lowest BCUT2D eigenvalue weighted by atomic mass is 9.88. The van der Waals surface area contributed by atoms with Crippen molar-refractivity contribution in [1.29, 1.82) is 0 Å². The van der Waals surface area contributed by atoms with Gasteiger partial charge in [0.1, 0.15) is 0 Å². The van der Waals surface area contributed by atoms with E-state index in [1.54, 1.807) is 7.11 Å². The van der Waals surface area contributed by atoms with Gasteiger partial charge in [-0.1, -0.05) is 0 Å². The van der Waals surface area contributed by atoms with Crippen LogP contribution in [0.2, 0.25) is 0 Å². The highest BCUT2D eigenvalue weighted by Gasteiger charge is 2.42. The maximum Gasteiger partial charge on any atom is 0.224 e. The zero-order chi connectivity index (χ0) is 11.8. The fourth-order valence-corrected chi connectivity index (χ4v) is 2.62. The molecule has 4 heteroatoms. The number of amides is 1. The van der Waals surface area contributed by atoms with Crippen LogP contribution in [0.15, 0.2) is 0 Å². The Kier molecular flexibility index (Phi) is 3.22. The number of nitrogens with one attached hydrogen (secondary N) is 2. The lowest BCUT2D eigenvalue weighted by Crippen LogP contribution is -2.44. The van der Waals surface area contributed by atoms with Gasteiger partial charge in [0.05, 0.1) is 11.5 Å². The molecule has 2 saturated heterocycles. The molecule has 0 aromatic carbocycles. The van der Waals surface area contributed by atoms with Crippen LogP contribution in [0.25, 0.3) is 0 Å². The van der Waals surface area contributed by atoms with Crippen molar-refractivity contribution in [1.82, 2.24) is 10.6 Å². The molecule has 0 aliphatic carbocycles. The first kappa shape index (κ1) is 11.9. The summed E-state index contributed by atoms with van der Waals surface area (Å²) in [6, 6.07) is 0.992. The minimum absolute atomic E-state index is 0.173. The number of ether oxygens (including phenoxy) is 1. The average molecular weight is 226 g/mol. The van der Waals surface area contributed by atoms with E-state index in [9.17, 15) is 4.79 Å². The average Bonchev–Trinajstić information content (AvgIpc) is 2.87. The van der Waals surface area contributed by atoms with Gasteiger partial charge >= 0.3 is 0 Å². The molecule has 3 atom stereocenters. The largest absolute Gasteiger partial charge is 0.377 e. The maximum absolute atomic E-state index is 12.0. The minimum Gasteiger partial charge on any atom is -0.377 e. The van der Waals surface area contributed by atoms with Gasteiger partial charge in [0, 0.05) is 25.7 Å². The zero-order valence-corrected chi connectivity index (χ0v) is 10.4. The highest BCUT2D eigenvalue weighted by atomic mass is 16.5. The molecule has 2 fully saturated rings. The Morgan fingerprint density at radius 2 is 2.25 bits per heavy atom. The van der Waals surface area contributed by atoms with Gasteiger partial charge in [0.2, 0.25) is 5.91 Å². The molecule has 2 bridgehead atoms. The van der Waals surface area contributed by atoms with E-state index in [-0.39, 0.29) is 17.4 Å². The maximum atomic E-state index is 12.0. The molecule has 2 heterocycles. The normalized spacial score (nSPS) is 33.1. The highest BCUT2D eigenvalue weighted by molar-refractivity contribution is 5.80. The minimum atomic E-state index is -0.277. The van der Waals surface area contributed by atoms with Gasteiger partial charge in [0.15, 0.2) is 0 Å². The first-order chi connectivity index (χ1) is 7.52. The highest BCUT2D eigenvalue weighted by Crippen LogP contribution is 2.33. The van der Waals surface area contributed by atoms with E-state index in [0.717, 1.165) is 12.8 Å². The molecule has 2 rings (SSSR count). The lowest BCUT2D eigenvalue weighted by molar-refractivity contribution is -0.126. The van der Waals surface area contributed by atoms with Crippen LogP contribution in [-0.4, -0.2) is 37.2 Å². The molecule has 16 heavy (non-hydrogen) atoms. The zero-order valence-electron chi connectivity index (χ0n) is 10.4. The molecular weight excluding hydrogens is 204 g/mol. The number of fused-ring (bicyclic) bond motifs is 2. The summed E-state index contributed by atoms with van der Waals surface area (Å²) >= 11 is 0. The number of rotatable bonds is 4. The van der Waals surface area contributed by atoms with Gasteiger partial charge in [-0.05, 0) is 33.1 Å². The summed E-state index contributed by atoms with van der Waals surface area (Å²) in [5.41, 5.74) is -0.277. The Bertz CT molecular complexity index is 278. The van der Waals surface area contributed by atoms with Crippen LogP contribution in [0, 0.1) is 5.92 Å². The monoisotopic (exact) mass is 226 g/mol. The lowest BCUT2D eigenvalue weighted by Gasteiger charge is -2.25. The smallest absolute Gasteiger partial charge is 0.224 e. The van der Waals surface area contributed by atoms with E-state index < -0.39 is 0 Å². The Morgan fingerprint density at radius 3 is 2.75 bits per heavy atom. The Hall–Kier alpha value is -0.610. The van der Waals surface area contributed by atoms with Crippen LogP contribution in [0.3, 0.4) is 0 Å². The van der Waals surface area contributed by atoms with Gasteiger partial charge in [-0.2, -0.15) is 0 Å². The van der Waals surface area contributed by atoms with Crippen LogP contribution in [0.1, 0.15) is 33.1 Å². The molecule has 0 saturated carbocycles. The molecule has 92 valence electrons. The third kappa shape index (κ3) is 2.38. The number of hydrogen-bond acceptors (Lipinski definition) is 3. The van der Waals surface area contributed by atoms with Gasteiger partial charge < -0.3 is 15.4 Å². The molecule has 0 aromatic rings. The second kappa shape index (κ2) is 4.34. The molecule has 2 N–H and O–H groups in total. The van der Waals surface area contributed by atoms with Crippen LogP contribution < -0.4 is 10.6 Å². The van der Waals surface area contributed by atoms with Crippen molar-refractivity contribution in [3.63, 3.8) is 0 Å². The van der Waals surface area contributed by atoms with Crippen LogP contribution in [0.4, 0.5) is 0 Å². The summed E-state index contributed by atoms with van der Waals surface area (Å²) in [6.07, 6.45) is 3.39. The van der Waals surface area contributed by atoms with E-state index in [1.807, 2.05) is 13.8 Å². The van der Waals surface area contributed by atoms with Gasteiger partial charge in [0.25, 0.3) is 0 Å². The first-order valence-electron chi connectivity index (χ1n) is 6.11. The number of carbonyl (C=O) groups excluding carboxylic acids is 1. The molecule has 2 aliphatic rings. The second-order valence-electron chi connectivity index (χ2n) is 5.57. The quantitative estimate of drug-likeness (QED) is 0.740. The molecule has 4 nitrogen and oxygen atoms in total. The van der Waals surface area contributed by atoms with Crippen molar-refractivity contribution in [3.8, 4) is 0 Å². The van der Waals surface area contributed by atoms with Crippen molar-refractivity contribution in [2.75, 3.05) is 13.7 Å². The van der Waals surface area contributed by atoms with Crippen molar-refractivity contribution in [2.45, 2.75) is 50.8 Å². The molecule has 0 radical (unpaired) electrons. The summed E-state index contributed by atoms with van der Waals surface area (Å²) in [6.45, 7) is 4.54. The van der Waals surface area contributed by atoms with E-state index in [1.165, 1.54) is 6.42 Å². The predicted molar refractivity (Wildman–Crippen MR) is 62.2 cm³/mol. The summed E-state index contributed by atoms with van der Waals surface area (Å²) in [5.74, 6) is 0.358. The predicted octanol–water partition coefficient (Wildman–Crippen LogP) is 0.668. The van der Waals surface area contributed by atoms with E-state index in [2.05, 4.69) is 10.6 Å². The first-order valence-corrected chi connectivity index (χ1v) is 6.11. The van der Waals surface area contributed by atoms with Gasteiger partial charge in [-0.15, -0.1) is 0 Å². The fourth-order valence-electron chi connectivity index (χ4n) is 2.62. The van der Waals surface area contributed by atoms with Crippen LogP contribution in [-0.2, 0) is 9.53 Å². The summed E-state index contributed by atoms with van der Waals surface area (Å²) < 4.78 is 5.28. The topological polar surface area (TPSA) is 50.4 Å². The summed E-state index contributed by atoms with van der Waals surface area (Å²) in [7, 11) is 1.67. The fraction of sp³-hybridized carbons (Fsp3) is 0.917. The summed E-state index contributed by atoms with van der Waals surface area (Å²) in [5, 5.41) is 6.47. The third-order valence-corrected chi connectivity index (χ3v) is 3.88. The SMILES string of the molecule is COC(C)(C)CNC(=O)C1CC2CCC1N2. The third-order valence-electron chi connectivity index (χ3n) is 3.88. The van der Waals surface area contributed by atoms with Crippen LogP contribution in [0.5, 0.6) is 0 Å². The van der Waals surface area contributed by atoms with Gasteiger partial charge in [-0.25, -0.2) is 0 Å². The molecule has 1 amide bonds. The number of methoxy groups -OCH3 is 1. The summed E-state index contributed by atoms with van der Waals surface area (Å²) in [4.78, 5) is 12.0. The Morgan fingerprint density at radius 1 is 1.50 bits per heavy atom. The standard InChI is InChI=1S/C12H22N2O2/c1-12(2,16-3)7-13-11(15)9-6-8-4-5-10(9)14-8/h8-10,14H,4-7H2,1-3H3,(H,13,15). The van der Waals surface area contributed by atoms with E-state index >= 15 is 0 Å². The van der Waals surface area contributed by atoms with Crippen molar-refractivity contribution in [3.05, 3.63) is 0 Å². The van der Waals surface area contributed by atoms with Gasteiger partial charge in [-0.3, -0.25) is 4.79 Å². The Labute approximate surface area is 97.1 Å². The van der Waals surface area contributed by atoms with Crippen molar-refractivity contribution >= 4 is 5.91 Å². The number of carbonyl (C=O) groups is 1. The van der Waals surface area contributed by atoms with Crippen molar-refractivity contribution in [2.24, 2.45) is 5.92 Å². The van der Waals surface area contributed by atoms with E-state index in [0.29, 0.717) is 18.6 Å². The molecule has 0 aromatic heterocycles. The molecular formula is C12H22N2O2. The van der Waals surface area contributed by atoms with E-state index in [4.69, 9.17) is 4.74 Å². The Balaban J connectivity index is 1.81. The molecule has 0 spiro atoms. The van der Waals surface area contributed by atoms with Crippen molar-refractivity contribution < 1.29 is 9.53 Å². The molecule has 3 unspecified atom stereocenters. The van der Waals surface area contributed by atoms with Crippen LogP contribution >= 0.6 is 0 Å². The number of hydrogen-bond donors (Lipinski definition) is 2. The second-order valence-corrected chi connectivity index (χ2v) is 5.57.